The zero-order valence-electron chi connectivity index (χ0n) is 19.4. The SMILES string of the molecule is COc1cc(-c2cnc(-c3ccc(N4C[C@H](C)C[C@H](C)C4)nn3)c(O)c2)cc2cn(C)nc12. The second kappa shape index (κ2) is 8.35. The van der Waals surface area contributed by atoms with E-state index in [0.717, 1.165) is 40.9 Å². The molecule has 0 aliphatic carbocycles. The van der Waals surface area contributed by atoms with Crippen LogP contribution in [-0.2, 0) is 7.05 Å². The highest BCUT2D eigenvalue weighted by atomic mass is 16.5. The summed E-state index contributed by atoms with van der Waals surface area (Å²) in [7, 11) is 3.50. The van der Waals surface area contributed by atoms with Gasteiger partial charge >= 0.3 is 0 Å². The normalized spacial score (nSPS) is 18.6. The molecule has 1 aliphatic heterocycles. The molecule has 3 aromatic heterocycles. The molecule has 0 unspecified atom stereocenters. The molecule has 5 rings (SSSR count). The maximum Gasteiger partial charge on any atom is 0.151 e. The first-order valence-corrected chi connectivity index (χ1v) is 11.2. The lowest BCUT2D eigenvalue weighted by molar-refractivity contribution is 0.355. The Morgan fingerprint density at radius 2 is 1.82 bits per heavy atom. The number of fused-ring (bicyclic) bond motifs is 1. The second-order valence-electron chi connectivity index (χ2n) is 9.14. The molecule has 0 amide bonds. The van der Waals surface area contributed by atoms with Crippen molar-refractivity contribution in [3.63, 3.8) is 0 Å². The third-order valence-electron chi connectivity index (χ3n) is 6.19. The van der Waals surface area contributed by atoms with Crippen molar-refractivity contribution < 1.29 is 9.84 Å². The number of benzene rings is 1. The highest BCUT2D eigenvalue weighted by molar-refractivity contribution is 5.90. The maximum atomic E-state index is 10.7. The van der Waals surface area contributed by atoms with E-state index in [1.54, 1.807) is 24.1 Å². The number of piperidine rings is 1. The van der Waals surface area contributed by atoms with Crippen molar-refractivity contribution in [3.8, 4) is 34.0 Å². The van der Waals surface area contributed by atoms with Crippen LogP contribution in [0, 0.1) is 11.8 Å². The number of aryl methyl sites for hydroxylation is 1. The van der Waals surface area contributed by atoms with E-state index in [4.69, 9.17) is 4.74 Å². The minimum Gasteiger partial charge on any atom is -0.506 e. The molecule has 1 aromatic carbocycles. The van der Waals surface area contributed by atoms with Gasteiger partial charge in [-0.3, -0.25) is 4.68 Å². The molecule has 2 atom stereocenters. The number of pyridine rings is 1. The van der Waals surface area contributed by atoms with Crippen LogP contribution in [0.15, 0.2) is 42.7 Å². The summed E-state index contributed by atoms with van der Waals surface area (Å²) in [4.78, 5) is 6.79. The van der Waals surface area contributed by atoms with Crippen LogP contribution in [0.1, 0.15) is 20.3 Å². The van der Waals surface area contributed by atoms with E-state index in [9.17, 15) is 5.11 Å². The molecule has 8 nitrogen and oxygen atoms in total. The van der Waals surface area contributed by atoms with E-state index >= 15 is 0 Å². The van der Waals surface area contributed by atoms with E-state index in [0.29, 0.717) is 29.0 Å². The van der Waals surface area contributed by atoms with Gasteiger partial charge in [0.25, 0.3) is 0 Å². The van der Waals surface area contributed by atoms with Crippen LogP contribution in [0.3, 0.4) is 0 Å². The Hall–Kier alpha value is -3.68. The number of aromatic hydroxyl groups is 1. The van der Waals surface area contributed by atoms with Gasteiger partial charge in [-0.25, -0.2) is 4.98 Å². The Kier molecular flexibility index (Phi) is 5.36. The molecule has 1 saturated heterocycles. The van der Waals surface area contributed by atoms with E-state index in [2.05, 4.69) is 39.0 Å². The molecule has 4 aromatic rings. The van der Waals surface area contributed by atoms with Gasteiger partial charge in [-0.05, 0) is 54.2 Å². The molecule has 0 spiro atoms. The second-order valence-corrected chi connectivity index (χ2v) is 9.14. The van der Waals surface area contributed by atoms with Gasteiger partial charge in [-0.2, -0.15) is 5.10 Å². The molecule has 1 N–H and O–H groups in total. The van der Waals surface area contributed by atoms with Crippen molar-refractivity contribution in [2.24, 2.45) is 18.9 Å². The van der Waals surface area contributed by atoms with Gasteiger partial charge in [-0.15, -0.1) is 10.2 Å². The summed E-state index contributed by atoms with van der Waals surface area (Å²) >= 11 is 0. The summed E-state index contributed by atoms with van der Waals surface area (Å²) in [6.45, 7) is 6.52. The number of anilines is 1. The average molecular weight is 445 g/mol. The van der Waals surface area contributed by atoms with Crippen LogP contribution >= 0.6 is 0 Å². The summed E-state index contributed by atoms with van der Waals surface area (Å²) in [6.07, 6.45) is 4.91. The molecule has 1 fully saturated rings. The fourth-order valence-corrected chi connectivity index (χ4v) is 4.82. The molecular weight excluding hydrogens is 416 g/mol. The first-order chi connectivity index (χ1) is 15.9. The zero-order valence-corrected chi connectivity index (χ0v) is 19.4. The van der Waals surface area contributed by atoms with Gasteiger partial charge in [-0.1, -0.05) is 13.8 Å². The molecule has 0 saturated carbocycles. The standard InChI is InChI=1S/C25H28N6O2/c1-15-7-16(2)13-31(12-15)23-6-5-20(27-28-23)25-21(32)9-18(11-26-25)17-8-19-14-30(3)29-24(19)22(10-17)33-4/h5-6,8-11,14-16,32H,7,12-13H2,1-4H3/t15-,16+. The lowest BCUT2D eigenvalue weighted by atomic mass is 9.92. The number of methoxy groups -OCH3 is 1. The number of rotatable bonds is 4. The number of ether oxygens (including phenoxy) is 1. The smallest absolute Gasteiger partial charge is 0.151 e. The number of aromatic nitrogens is 5. The molecule has 8 heteroatoms. The molecule has 0 radical (unpaired) electrons. The third kappa shape index (κ3) is 4.08. The Morgan fingerprint density at radius 3 is 2.48 bits per heavy atom. The Labute approximate surface area is 192 Å². The predicted octanol–water partition coefficient (Wildman–Crippen LogP) is 4.29. The first kappa shape index (κ1) is 21.2. The van der Waals surface area contributed by atoms with Gasteiger partial charge in [0.2, 0.25) is 0 Å². The van der Waals surface area contributed by atoms with E-state index in [1.165, 1.54) is 6.42 Å². The number of hydrogen-bond donors (Lipinski definition) is 1. The fourth-order valence-electron chi connectivity index (χ4n) is 4.82. The Bertz CT molecular complexity index is 1290. The zero-order chi connectivity index (χ0) is 23.1. The topological polar surface area (TPSA) is 89.2 Å². The molecule has 170 valence electrons. The summed E-state index contributed by atoms with van der Waals surface area (Å²) in [5.41, 5.74) is 3.41. The van der Waals surface area contributed by atoms with Gasteiger partial charge in [0.1, 0.15) is 28.4 Å². The summed E-state index contributed by atoms with van der Waals surface area (Å²) in [5, 5.41) is 24.9. The summed E-state index contributed by atoms with van der Waals surface area (Å²) in [5.74, 6) is 2.87. The monoisotopic (exact) mass is 444 g/mol. The van der Waals surface area contributed by atoms with Gasteiger partial charge < -0.3 is 14.7 Å². The minimum atomic E-state index is 0.0556. The van der Waals surface area contributed by atoms with Gasteiger partial charge in [0.05, 0.1) is 7.11 Å². The van der Waals surface area contributed by atoms with Crippen LogP contribution in [0.2, 0.25) is 0 Å². The van der Waals surface area contributed by atoms with E-state index in [-0.39, 0.29) is 5.75 Å². The lowest BCUT2D eigenvalue weighted by Crippen LogP contribution is -2.39. The van der Waals surface area contributed by atoms with Gasteiger partial charge in [0, 0.05) is 43.5 Å². The molecule has 4 heterocycles. The quantitative estimate of drug-likeness (QED) is 0.502. The third-order valence-corrected chi connectivity index (χ3v) is 6.19. The number of nitrogens with zero attached hydrogens (tertiary/aromatic N) is 6. The predicted molar refractivity (Wildman–Crippen MR) is 128 cm³/mol. The highest BCUT2D eigenvalue weighted by Gasteiger charge is 2.23. The van der Waals surface area contributed by atoms with Crippen molar-refractivity contribution in [1.82, 2.24) is 25.0 Å². The molecule has 0 bridgehead atoms. The molecule has 33 heavy (non-hydrogen) atoms. The van der Waals surface area contributed by atoms with Crippen molar-refractivity contribution in [3.05, 3.63) is 42.7 Å². The van der Waals surface area contributed by atoms with E-state index in [1.807, 2.05) is 37.5 Å². The largest absolute Gasteiger partial charge is 0.506 e. The Morgan fingerprint density at radius 1 is 1.03 bits per heavy atom. The van der Waals surface area contributed by atoms with Crippen molar-refractivity contribution in [2.75, 3.05) is 25.1 Å². The van der Waals surface area contributed by atoms with Crippen LogP contribution in [-0.4, -0.2) is 50.3 Å². The van der Waals surface area contributed by atoms with Crippen molar-refractivity contribution >= 4 is 16.7 Å². The summed E-state index contributed by atoms with van der Waals surface area (Å²) in [6, 6.07) is 9.45. The molecule has 1 aliphatic rings. The van der Waals surface area contributed by atoms with E-state index < -0.39 is 0 Å². The first-order valence-electron chi connectivity index (χ1n) is 11.2. The lowest BCUT2D eigenvalue weighted by Gasteiger charge is -2.35. The van der Waals surface area contributed by atoms with Crippen LogP contribution in [0.25, 0.3) is 33.4 Å². The molecular formula is C25H28N6O2. The van der Waals surface area contributed by atoms with Crippen LogP contribution in [0.5, 0.6) is 11.5 Å². The van der Waals surface area contributed by atoms with Crippen LogP contribution in [0.4, 0.5) is 5.82 Å². The van der Waals surface area contributed by atoms with Gasteiger partial charge in [0.15, 0.2) is 5.82 Å². The average Bonchev–Trinajstić information content (AvgIpc) is 3.18. The van der Waals surface area contributed by atoms with Crippen molar-refractivity contribution in [1.29, 1.82) is 0 Å². The maximum absolute atomic E-state index is 10.7. The highest BCUT2D eigenvalue weighted by Crippen LogP contribution is 2.35. The van der Waals surface area contributed by atoms with Crippen molar-refractivity contribution in [2.45, 2.75) is 20.3 Å². The minimum absolute atomic E-state index is 0.0556. The number of hydrogen-bond acceptors (Lipinski definition) is 7. The summed E-state index contributed by atoms with van der Waals surface area (Å²) < 4.78 is 7.27. The Balaban J connectivity index is 1.43. The fraction of sp³-hybridized carbons (Fsp3) is 0.360. The van der Waals surface area contributed by atoms with Crippen LogP contribution < -0.4 is 9.64 Å².